The maximum atomic E-state index is 11.3. The predicted molar refractivity (Wildman–Crippen MR) is 71.6 cm³/mol. The third-order valence-electron chi connectivity index (χ3n) is 2.84. The minimum absolute atomic E-state index is 0.296. The minimum atomic E-state index is -1.66. The number of aliphatic hydroxyl groups is 1. The van der Waals surface area contributed by atoms with Crippen molar-refractivity contribution in [3.05, 3.63) is 10.4 Å². The van der Waals surface area contributed by atoms with Crippen LogP contribution < -0.4 is 0 Å². The first kappa shape index (κ1) is 18.7. The molecule has 0 aromatic carbocycles. The van der Waals surface area contributed by atoms with E-state index in [-0.39, 0.29) is 6.54 Å². The smallest absolute Gasteiger partial charge is 0.303 e. The first-order valence-corrected chi connectivity index (χ1v) is 6.62. The van der Waals surface area contributed by atoms with Crippen molar-refractivity contribution >= 4 is 17.9 Å². The Morgan fingerprint density at radius 3 is 2.00 bits per heavy atom. The van der Waals surface area contributed by atoms with Gasteiger partial charge in [0, 0.05) is 25.7 Å². The fourth-order valence-electron chi connectivity index (χ4n) is 2.14. The lowest BCUT2D eigenvalue weighted by Crippen LogP contribution is -2.61. The first-order valence-electron chi connectivity index (χ1n) is 6.62. The Bertz CT molecular complexity index is 518. The van der Waals surface area contributed by atoms with Gasteiger partial charge in [-0.25, -0.2) is 0 Å². The number of hydrogen-bond acceptors (Lipinski definition) is 9. The molecule has 1 heterocycles. The van der Waals surface area contributed by atoms with Crippen molar-refractivity contribution in [1.82, 2.24) is 0 Å². The van der Waals surface area contributed by atoms with Crippen LogP contribution in [0.15, 0.2) is 5.11 Å². The molecule has 0 bridgehead atoms. The van der Waals surface area contributed by atoms with Crippen LogP contribution in [0.5, 0.6) is 0 Å². The summed E-state index contributed by atoms with van der Waals surface area (Å²) in [5.74, 6) is -2.23. The van der Waals surface area contributed by atoms with Crippen LogP contribution in [0.1, 0.15) is 20.8 Å². The van der Waals surface area contributed by atoms with Crippen molar-refractivity contribution in [1.29, 1.82) is 0 Å². The van der Waals surface area contributed by atoms with Gasteiger partial charge in [0.15, 0.2) is 24.6 Å². The quantitative estimate of drug-likeness (QED) is 0.239. The third kappa shape index (κ3) is 5.40. The Kier molecular flexibility index (Phi) is 6.76. The molecule has 0 radical (unpaired) electrons. The molecule has 5 atom stereocenters. The molecule has 0 aromatic heterocycles. The molecule has 11 heteroatoms. The van der Waals surface area contributed by atoms with E-state index in [9.17, 15) is 19.5 Å². The van der Waals surface area contributed by atoms with Crippen molar-refractivity contribution < 1.29 is 38.4 Å². The molecule has 1 aliphatic rings. The fourth-order valence-corrected chi connectivity index (χ4v) is 2.14. The normalized spacial score (nSPS) is 29.8. The Hall–Kier alpha value is -2.36. The summed E-state index contributed by atoms with van der Waals surface area (Å²) in [6.07, 6.45) is -6.68. The molecule has 0 amide bonds. The third-order valence-corrected chi connectivity index (χ3v) is 2.84. The maximum Gasteiger partial charge on any atom is 0.303 e. The highest BCUT2D eigenvalue weighted by Crippen LogP contribution is 2.28. The van der Waals surface area contributed by atoms with Gasteiger partial charge in [-0.2, -0.15) is 0 Å². The lowest BCUT2D eigenvalue weighted by atomic mass is 9.98. The molecule has 11 nitrogen and oxygen atoms in total. The minimum Gasteiger partial charge on any atom is -0.456 e. The zero-order valence-electron chi connectivity index (χ0n) is 12.7. The van der Waals surface area contributed by atoms with Crippen LogP contribution in [0.25, 0.3) is 10.4 Å². The molecule has 0 aromatic rings. The number of hydrogen-bond donors (Lipinski definition) is 1. The topological polar surface area (TPSA) is 157 Å². The number of carbonyl (C=O) groups excluding carboxylic acids is 3. The van der Waals surface area contributed by atoms with Gasteiger partial charge in [-0.1, -0.05) is 5.11 Å². The summed E-state index contributed by atoms with van der Waals surface area (Å²) in [5, 5.41) is 13.2. The van der Waals surface area contributed by atoms with Crippen molar-refractivity contribution in [2.45, 2.75) is 51.5 Å². The summed E-state index contributed by atoms with van der Waals surface area (Å²) in [6.45, 7) is 3.00. The number of azide groups is 1. The van der Waals surface area contributed by atoms with Crippen LogP contribution in [0.4, 0.5) is 0 Å². The Morgan fingerprint density at radius 1 is 1.04 bits per heavy atom. The van der Waals surface area contributed by atoms with E-state index in [2.05, 4.69) is 10.0 Å². The molecule has 0 spiro atoms. The van der Waals surface area contributed by atoms with Gasteiger partial charge < -0.3 is 24.1 Å². The number of ether oxygens (including phenoxy) is 4. The molecule has 1 aliphatic heterocycles. The van der Waals surface area contributed by atoms with Crippen LogP contribution in [0, 0.1) is 0 Å². The molecule has 0 aliphatic carbocycles. The second kappa shape index (κ2) is 8.32. The zero-order valence-corrected chi connectivity index (χ0v) is 12.7. The van der Waals surface area contributed by atoms with Gasteiger partial charge in [-0.3, -0.25) is 14.4 Å². The van der Waals surface area contributed by atoms with Crippen molar-refractivity contribution in [3.63, 3.8) is 0 Å². The number of esters is 3. The highest BCUT2D eigenvalue weighted by atomic mass is 16.7. The van der Waals surface area contributed by atoms with E-state index >= 15 is 0 Å². The van der Waals surface area contributed by atoms with E-state index in [4.69, 9.17) is 24.5 Å². The van der Waals surface area contributed by atoms with E-state index in [0.717, 1.165) is 20.8 Å². The molecular weight excluding hydrogens is 314 g/mol. The average molecular weight is 331 g/mol. The predicted octanol–water partition coefficient (Wildman–Crippen LogP) is -0.191. The van der Waals surface area contributed by atoms with E-state index in [1.54, 1.807) is 0 Å². The summed E-state index contributed by atoms with van der Waals surface area (Å²) < 4.78 is 20.1. The lowest BCUT2D eigenvalue weighted by Gasteiger charge is -2.42. The molecule has 0 unspecified atom stereocenters. The van der Waals surface area contributed by atoms with E-state index < -0.39 is 48.6 Å². The SMILES string of the molecule is CC(=O)O[C@@H]1[C@@H](OC(C)=O)[C@@H](O)O[C@H](CN=[N+]=[N-])[C@H]1OC(C)=O. The standard InChI is InChI=1S/C12H17N3O8/c1-5(16)20-9-8(4-14-15-13)23-12(19)11(22-7(3)18)10(9)21-6(2)17/h8-12,19H,4H2,1-3H3/t8-,9-,10+,11-,12+/m1/s1. The Balaban J connectivity index is 3.15. The second-order valence-electron chi connectivity index (χ2n) is 4.70. The molecule has 23 heavy (non-hydrogen) atoms. The summed E-state index contributed by atoms with van der Waals surface area (Å²) >= 11 is 0. The number of carbonyl (C=O) groups is 3. The van der Waals surface area contributed by atoms with Crippen LogP contribution in [-0.4, -0.2) is 60.3 Å². The number of rotatable bonds is 5. The van der Waals surface area contributed by atoms with Gasteiger partial charge in [-0.15, -0.1) is 0 Å². The van der Waals surface area contributed by atoms with Crippen LogP contribution >= 0.6 is 0 Å². The van der Waals surface area contributed by atoms with Gasteiger partial charge in [0.1, 0.15) is 6.10 Å². The second-order valence-corrected chi connectivity index (χ2v) is 4.70. The first-order chi connectivity index (χ1) is 10.8. The molecule has 128 valence electrons. The summed E-state index contributed by atoms with van der Waals surface area (Å²) in [5.41, 5.74) is 8.39. The van der Waals surface area contributed by atoms with Crippen LogP contribution in [0.2, 0.25) is 0 Å². The Morgan fingerprint density at radius 2 is 1.52 bits per heavy atom. The molecule has 1 saturated heterocycles. The van der Waals surface area contributed by atoms with Crippen LogP contribution in [-0.2, 0) is 33.3 Å². The zero-order chi connectivity index (χ0) is 17.6. The number of nitrogens with zero attached hydrogens (tertiary/aromatic N) is 3. The van der Waals surface area contributed by atoms with Crippen molar-refractivity contribution in [3.8, 4) is 0 Å². The Labute approximate surface area is 131 Å². The summed E-state index contributed by atoms with van der Waals surface area (Å²) in [7, 11) is 0. The largest absolute Gasteiger partial charge is 0.456 e. The highest BCUT2D eigenvalue weighted by Gasteiger charge is 2.51. The number of aliphatic hydroxyl groups excluding tert-OH is 1. The van der Waals surface area contributed by atoms with Gasteiger partial charge in [0.2, 0.25) is 0 Å². The highest BCUT2D eigenvalue weighted by molar-refractivity contribution is 5.68. The molecular formula is C12H17N3O8. The van der Waals surface area contributed by atoms with Gasteiger partial charge in [-0.05, 0) is 5.53 Å². The molecule has 1 rings (SSSR count). The van der Waals surface area contributed by atoms with E-state index in [1.807, 2.05) is 0 Å². The monoisotopic (exact) mass is 331 g/mol. The van der Waals surface area contributed by atoms with Crippen molar-refractivity contribution in [2.75, 3.05) is 6.54 Å². The molecule has 1 fully saturated rings. The van der Waals surface area contributed by atoms with Gasteiger partial charge in [0.25, 0.3) is 0 Å². The fraction of sp³-hybridized carbons (Fsp3) is 0.750. The van der Waals surface area contributed by atoms with Gasteiger partial charge >= 0.3 is 17.9 Å². The lowest BCUT2D eigenvalue weighted by molar-refractivity contribution is -0.289. The maximum absolute atomic E-state index is 11.3. The average Bonchev–Trinajstić information content (AvgIpc) is 2.42. The van der Waals surface area contributed by atoms with Crippen molar-refractivity contribution in [2.24, 2.45) is 5.11 Å². The van der Waals surface area contributed by atoms with E-state index in [1.165, 1.54) is 0 Å². The van der Waals surface area contributed by atoms with E-state index in [0.29, 0.717) is 0 Å². The van der Waals surface area contributed by atoms with Crippen LogP contribution in [0.3, 0.4) is 0 Å². The molecule has 0 saturated carbocycles. The summed E-state index contributed by atoms with van der Waals surface area (Å²) in [4.78, 5) is 36.3. The molecule has 1 N–H and O–H groups in total. The van der Waals surface area contributed by atoms with Gasteiger partial charge in [0.05, 0.1) is 6.54 Å². The summed E-state index contributed by atoms with van der Waals surface area (Å²) in [6, 6.07) is 0.